The van der Waals surface area contributed by atoms with E-state index in [2.05, 4.69) is 141 Å². The summed E-state index contributed by atoms with van der Waals surface area (Å²) in [6.45, 7) is 4.38. The molecule has 0 spiro atoms. The zero-order valence-electron chi connectivity index (χ0n) is 31.2. The summed E-state index contributed by atoms with van der Waals surface area (Å²) in [6, 6.07) is 67.0. The molecule has 1 heterocycles. The predicted molar refractivity (Wildman–Crippen MR) is 234 cm³/mol. The van der Waals surface area contributed by atoms with Crippen molar-refractivity contribution in [3.05, 3.63) is 199 Å². The summed E-state index contributed by atoms with van der Waals surface area (Å²) in [7, 11) is 0. The lowest BCUT2D eigenvalue weighted by Gasteiger charge is -2.15. The first-order chi connectivity index (χ1) is 27.6. The molecule has 0 fully saturated rings. The minimum Gasteiger partial charge on any atom is -0.208 e. The van der Waals surface area contributed by atoms with Gasteiger partial charge in [0.15, 0.2) is 17.5 Å². The third-order valence-corrected chi connectivity index (χ3v) is 11.0. The van der Waals surface area contributed by atoms with E-state index in [0.29, 0.717) is 17.5 Å². The van der Waals surface area contributed by atoms with E-state index in [9.17, 15) is 0 Å². The van der Waals surface area contributed by atoms with Gasteiger partial charge in [0, 0.05) is 16.7 Å². The topological polar surface area (TPSA) is 38.7 Å². The number of benzene rings is 9. The van der Waals surface area contributed by atoms with E-state index in [4.69, 9.17) is 15.0 Å². The van der Waals surface area contributed by atoms with Gasteiger partial charge >= 0.3 is 0 Å². The monoisotopic (exact) mass is 715 g/mol. The second kappa shape index (κ2) is 13.9. The Morgan fingerprint density at radius 1 is 0.250 bits per heavy atom. The summed E-state index contributed by atoms with van der Waals surface area (Å²) in [4.78, 5) is 15.0. The van der Waals surface area contributed by atoms with Crippen molar-refractivity contribution in [2.45, 2.75) is 13.8 Å². The smallest absolute Gasteiger partial charge is 0.164 e. The van der Waals surface area contributed by atoms with Gasteiger partial charge in [0.25, 0.3) is 0 Å². The molecular formula is C53H37N3. The Morgan fingerprint density at radius 2 is 0.661 bits per heavy atom. The molecule has 10 rings (SSSR count). The Morgan fingerprint density at radius 3 is 1.30 bits per heavy atom. The Balaban J connectivity index is 1.11. The Kier molecular flexibility index (Phi) is 8.26. The summed E-state index contributed by atoms with van der Waals surface area (Å²) in [5.74, 6) is 1.96. The molecule has 1 aromatic heterocycles. The van der Waals surface area contributed by atoms with Gasteiger partial charge in [-0.2, -0.15) is 0 Å². The number of rotatable bonds is 6. The van der Waals surface area contributed by atoms with E-state index < -0.39 is 0 Å². The molecule has 0 atom stereocenters. The first kappa shape index (κ1) is 33.3. The van der Waals surface area contributed by atoms with Crippen molar-refractivity contribution in [3.63, 3.8) is 0 Å². The van der Waals surface area contributed by atoms with Crippen LogP contribution in [0.1, 0.15) is 11.1 Å². The fourth-order valence-corrected chi connectivity index (χ4v) is 8.06. The molecule has 0 saturated carbocycles. The molecule has 0 aliphatic carbocycles. The molecular weight excluding hydrogens is 679 g/mol. The number of hydrogen-bond donors (Lipinski definition) is 0. The van der Waals surface area contributed by atoms with Gasteiger partial charge < -0.3 is 0 Å². The summed E-state index contributed by atoms with van der Waals surface area (Å²) < 4.78 is 0. The average molecular weight is 716 g/mol. The molecule has 0 amide bonds. The third-order valence-electron chi connectivity index (χ3n) is 11.0. The van der Waals surface area contributed by atoms with Crippen LogP contribution < -0.4 is 0 Å². The van der Waals surface area contributed by atoms with E-state index in [1.54, 1.807) is 0 Å². The van der Waals surface area contributed by atoms with Crippen molar-refractivity contribution in [2.24, 2.45) is 0 Å². The molecule has 0 bridgehead atoms. The minimum absolute atomic E-state index is 0.649. The van der Waals surface area contributed by atoms with Crippen molar-refractivity contribution in [3.8, 4) is 67.5 Å². The fourth-order valence-electron chi connectivity index (χ4n) is 8.06. The first-order valence-corrected chi connectivity index (χ1v) is 19.1. The first-order valence-electron chi connectivity index (χ1n) is 19.1. The molecule has 0 radical (unpaired) electrons. The zero-order chi connectivity index (χ0) is 37.6. The molecule has 0 unspecified atom stereocenters. The van der Waals surface area contributed by atoms with Gasteiger partial charge in [0.2, 0.25) is 0 Å². The van der Waals surface area contributed by atoms with E-state index in [1.807, 2.05) is 60.7 Å². The number of nitrogens with zero attached hydrogens (tertiary/aromatic N) is 3. The van der Waals surface area contributed by atoms with Crippen molar-refractivity contribution < 1.29 is 0 Å². The van der Waals surface area contributed by atoms with Crippen LogP contribution in [0.3, 0.4) is 0 Å². The number of aryl methyl sites for hydroxylation is 2. The molecule has 0 N–H and O–H groups in total. The van der Waals surface area contributed by atoms with Crippen molar-refractivity contribution in [1.82, 2.24) is 15.0 Å². The molecule has 0 aliphatic rings. The highest BCUT2D eigenvalue weighted by molar-refractivity contribution is 6.26. The van der Waals surface area contributed by atoms with Crippen LogP contribution in [0, 0.1) is 13.8 Å². The normalized spacial score (nSPS) is 11.4. The van der Waals surface area contributed by atoms with Gasteiger partial charge in [-0.1, -0.05) is 164 Å². The minimum atomic E-state index is 0.649. The maximum Gasteiger partial charge on any atom is 0.164 e. The largest absolute Gasteiger partial charge is 0.208 e. The summed E-state index contributed by atoms with van der Waals surface area (Å²) >= 11 is 0. The van der Waals surface area contributed by atoms with Crippen LogP contribution in [0.25, 0.3) is 99.9 Å². The lowest BCUT2D eigenvalue weighted by Crippen LogP contribution is -2.00. The molecule has 9 aromatic carbocycles. The predicted octanol–water partition coefficient (Wildman–Crippen LogP) is 14.0. The lowest BCUT2D eigenvalue weighted by molar-refractivity contribution is 1.07. The Hall–Kier alpha value is -7.23. The Labute approximate surface area is 326 Å². The van der Waals surface area contributed by atoms with Crippen LogP contribution in [-0.4, -0.2) is 15.0 Å². The SMILES string of the molecule is Cc1ccccc1-c1cc(-c2cccc(-c3ccc4c(c3)c3ccccc3c3ccc(-c5nc(-c6ccccc6)nc(-c6ccccc6)n5)cc34)c2)ccc1C. The van der Waals surface area contributed by atoms with Gasteiger partial charge in [0.1, 0.15) is 0 Å². The van der Waals surface area contributed by atoms with Crippen LogP contribution in [0.15, 0.2) is 188 Å². The van der Waals surface area contributed by atoms with Crippen molar-refractivity contribution in [1.29, 1.82) is 0 Å². The molecule has 10 aromatic rings. The molecule has 264 valence electrons. The van der Waals surface area contributed by atoms with Crippen LogP contribution in [-0.2, 0) is 0 Å². The van der Waals surface area contributed by atoms with Crippen LogP contribution >= 0.6 is 0 Å². The maximum atomic E-state index is 5.04. The maximum absolute atomic E-state index is 5.04. The number of fused-ring (bicyclic) bond motifs is 6. The van der Waals surface area contributed by atoms with Crippen molar-refractivity contribution in [2.75, 3.05) is 0 Å². The summed E-state index contributed by atoms with van der Waals surface area (Å²) in [6.07, 6.45) is 0. The summed E-state index contributed by atoms with van der Waals surface area (Å²) in [5.41, 5.74) is 12.8. The highest BCUT2D eigenvalue weighted by Crippen LogP contribution is 2.40. The van der Waals surface area contributed by atoms with E-state index in [0.717, 1.165) is 16.7 Å². The molecule has 3 heteroatoms. The van der Waals surface area contributed by atoms with Gasteiger partial charge in [-0.15, -0.1) is 0 Å². The molecule has 0 saturated heterocycles. The standard InChI is InChI=1S/C53H37N3/c1-34-14-9-10-21-43(34)48-31-40(25-24-35(48)2)38-19-13-20-39(30-38)41-26-28-47-49(32-41)45-23-12-11-22-44(45)46-29-27-42(33-50(46)47)53-55-51(36-15-5-3-6-16-36)54-52(56-53)37-17-7-4-8-18-37/h3-33H,1-2H3. The highest BCUT2D eigenvalue weighted by atomic mass is 15.0. The van der Waals surface area contributed by atoms with Crippen LogP contribution in [0.5, 0.6) is 0 Å². The molecule has 56 heavy (non-hydrogen) atoms. The van der Waals surface area contributed by atoms with Gasteiger partial charge in [-0.25, -0.2) is 15.0 Å². The van der Waals surface area contributed by atoms with Gasteiger partial charge in [-0.3, -0.25) is 0 Å². The van der Waals surface area contributed by atoms with E-state index >= 15 is 0 Å². The molecule has 0 aliphatic heterocycles. The second-order valence-corrected chi connectivity index (χ2v) is 14.5. The van der Waals surface area contributed by atoms with Gasteiger partial charge in [0.05, 0.1) is 0 Å². The quantitative estimate of drug-likeness (QED) is 0.161. The summed E-state index contributed by atoms with van der Waals surface area (Å²) in [5, 5.41) is 7.25. The average Bonchev–Trinajstić information content (AvgIpc) is 3.27. The van der Waals surface area contributed by atoms with Crippen molar-refractivity contribution >= 4 is 32.3 Å². The van der Waals surface area contributed by atoms with Crippen LogP contribution in [0.2, 0.25) is 0 Å². The zero-order valence-corrected chi connectivity index (χ0v) is 31.2. The highest BCUT2D eigenvalue weighted by Gasteiger charge is 2.16. The molecule has 3 nitrogen and oxygen atoms in total. The number of hydrogen-bond acceptors (Lipinski definition) is 3. The van der Waals surface area contributed by atoms with Crippen LogP contribution in [0.4, 0.5) is 0 Å². The number of aromatic nitrogens is 3. The van der Waals surface area contributed by atoms with Gasteiger partial charge in [-0.05, 0) is 115 Å². The second-order valence-electron chi connectivity index (χ2n) is 14.5. The lowest BCUT2D eigenvalue weighted by atomic mass is 9.90. The van der Waals surface area contributed by atoms with E-state index in [1.165, 1.54) is 76.8 Å². The fraction of sp³-hybridized carbons (Fsp3) is 0.0377. The Bertz CT molecular complexity index is 3040. The third kappa shape index (κ3) is 6.00. The van der Waals surface area contributed by atoms with E-state index in [-0.39, 0.29) is 0 Å².